The van der Waals surface area contributed by atoms with E-state index in [-0.39, 0.29) is 11.0 Å². The van der Waals surface area contributed by atoms with Crippen LogP contribution in [0, 0.1) is 0 Å². The van der Waals surface area contributed by atoms with Gasteiger partial charge in [-0.05, 0) is 0 Å². The van der Waals surface area contributed by atoms with Gasteiger partial charge in [-0.25, -0.2) is 0 Å². The fourth-order valence-electron chi connectivity index (χ4n) is 1.78. The Morgan fingerprint density at radius 1 is 1.24 bits per heavy atom. The predicted octanol–water partition coefficient (Wildman–Crippen LogP) is 1.35. The standard InChI is InChI=1S/C13H13AsCl2N2O2S/c1-2-7-21(19,20)11-6-4-3-5-9(11)14-12-10(15)8-17-13(16)18-12/h3-6,8,14H,2,7H2,1H3. The Labute approximate surface area is 140 Å². The van der Waals surface area contributed by atoms with Gasteiger partial charge in [-0.15, -0.1) is 0 Å². The molecule has 1 atom stereocenters. The summed E-state index contributed by atoms with van der Waals surface area (Å²) in [7, 11) is -3.27. The number of sulfone groups is 1. The normalized spacial score (nSPS) is 12.1. The summed E-state index contributed by atoms with van der Waals surface area (Å²) >= 11 is 10.8. The van der Waals surface area contributed by atoms with Gasteiger partial charge in [-0.1, -0.05) is 0 Å². The monoisotopic (exact) mass is 406 g/mol. The third-order valence-electron chi connectivity index (χ3n) is 2.66. The van der Waals surface area contributed by atoms with Crippen LogP contribution in [-0.4, -0.2) is 39.9 Å². The van der Waals surface area contributed by atoms with Crippen molar-refractivity contribution in [1.82, 2.24) is 9.97 Å². The van der Waals surface area contributed by atoms with Gasteiger partial charge in [0.05, 0.1) is 0 Å². The van der Waals surface area contributed by atoms with Crippen molar-refractivity contribution in [3.8, 4) is 0 Å². The Morgan fingerprint density at radius 2 is 1.95 bits per heavy atom. The third kappa shape index (κ3) is 4.19. The van der Waals surface area contributed by atoms with E-state index in [1.165, 1.54) is 6.20 Å². The number of halogens is 2. The molecular formula is C13H13AsCl2N2O2S. The molecule has 8 heteroatoms. The summed E-state index contributed by atoms with van der Waals surface area (Å²) in [5, 5.41) is 0.536. The van der Waals surface area contributed by atoms with E-state index in [4.69, 9.17) is 23.2 Å². The number of nitrogens with zero attached hydrogens (tertiary/aromatic N) is 2. The fraction of sp³-hybridized carbons (Fsp3) is 0.231. The topological polar surface area (TPSA) is 59.9 Å². The molecule has 1 heterocycles. The van der Waals surface area contributed by atoms with Gasteiger partial charge in [0, 0.05) is 0 Å². The molecule has 0 aliphatic carbocycles. The van der Waals surface area contributed by atoms with Gasteiger partial charge in [-0.3, -0.25) is 0 Å². The van der Waals surface area contributed by atoms with Crippen molar-refractivity contribution >= 4 is 57.6 Å². The average Bonchev–Trinajstić information content (AvgIpc) is 2.43. The molecule has 0 radical (unpaired) electrons. The molecule has 1 aromatic carbocycles. The van der Waals surface area contributed by atoms with Gasteiger partial charge in [0.15, 0.2) is 0 Å². The van der Waals surface area contributed by atoms with Gasteiger partial charge in [0.25, 0.3) is 0 Å². The zero-order valence-electron chi connectivity index (χ0n) is 11.2. The molecule has 0 amide bonds. The quantitative estimate of drug-likeness (QED) is 0.555. The molecule has 0 N–H and O–H groups in total. The first-order chi connectivity index (χ1) is 9.94. The summed E-state index contributed by atoms with van der Waals surface area (Å²) in [6, 6.07) is 7.00. The van der Waals surface area contributed by atoms with Crippen molar-refractivity contribution in [2.24, 2.45) is 0 Å². The Hall–Kier alpha value is -0.612. The van der Waals surface area contributed by atoms with Crippen LogP contribution in [0.5, 0.6) is 0 Å². The molecule has 21 heavy (non-hydrogen) atoms. The zero-order valence-corrected chi connectivity index (χ0v) is 15.6. The number of benzene rings is 1. The first-order valence-corrected chi connectivity index (χ1v) is 10.7. The molecule has 1 aromatic heterocycles. The molecule has 112 valence electrons. The summed E-state index contributed by atoms with van der Waals surface area (Å²) in [4.78, 5) is 8.30. The summed E-state index contributed by atoms with van der Waals surface area (Å²) in [6.07, 6.45) is 2.02. The van der Waals surface area contributed by atoms with Gasteiger partial charge >= 0.3 is 141 Å². The van der Waals surface area contributed by atoms with Crippen molar-refractivity contribution in [3.63, 3.8) is 0 Å². The van der Waals surface area contributed by atoms with Crippen LogP contribution in [0.15, 0.2) is 35.4 Å². The Bertz CT molecular complexity index is 754. The molecule has 0 aliphatic heterocycles. The summed E-state index contributed by atoms with van der Waals surface area (Å²) in [5.41, 5.74) is 0. The molecule has 0 spiro atoms. The second-order valence-corrected chi connectivity index (χ2v) is 9.75. The van der Waals surface area contributed by atoms with Crippen LogP contribution in [-0.2, 0) is 9.84 Å². The number of hydrogen-bond donors (Lipinski definition) is 0. The molecular weight excluding hydrogens is 394 g/mol. The van der Waals surface area contributed by atoms with E-state index in [9.17, 15) is 8.42 Å². The van der Waals surface area contributed by atoms with E-state index in [0.29, 0.717) is 20.8 Å². The van der Waals surface area contributed by atoms with Gasteiger partial charge < -0.3 is 0 Å². The predicted molar refractivity (Wildman–Crippen MR) is 87.3 cm³/mol. The Balaban J connectivity index is 2.44. The van der Waals surface area contributed by atoms with Crippen molar-refractivity contribution in [1.29, 1.82) is 0 Å². The Kier molecular flexibility index (Phi) is 5.66. The molecule has 0 saturated heterocycles. The zero-order chi connectivity index (χ0) is 15.5. The first-order valence-electron chi connectivity index (χ1n) is 6.21. The van der Waals surface area contributed by atoms with Crippen LogP contribution in [0.4, 0.5) is 0 Å². The molecule has 2 aromatic rings. The van der Waals surface area contributed by atoms with Gasteiger partial charge in [-0.2, -0.15) is 0 Å². The van der Waals surface area contributed by atoms with E-state index in [1.807, 2.05) is 19.1 Å². The van der Waals surface area contributed by atoms with Crippen LogP contribution in [0.3, 0.4) is 0 Å². The molecule has 4 nitrogen and oxygen atoms in total. The second-order valence-electron chi connectivity index (χ2n) is 4.28. The van der Waals surface area contributed by atoms with Crippen LogP contribution < -0.4 is 8.83 Å². The second kappa shape index (κ2) is 7.10. The maximum atomic E-state index is 12.3. The summed E-state index contributed by atoms with van der Waals surface area (Å²) in [6.45, 7) is 1.84. The van der Waals surface area contributed by atoms with Crippen LogP contribution in [0.2, 0.25) is 10.3 Å². The molecule has 0 saturated carbocycles. The van der Waals surface area contributed by atoms with Crippen LogP contribution >= 0.6 is 23.2 Å². The SMILES string of the molecule is CCCS(=O)(=O)c1ccccc1[AsH]c1nc(Cl)ncc1Cl. The average molecular weight is 407 g/mol. The van der Waals surface area contributed by atoms with E-state index in [0.717, 1.165) is 4.35 Å². The van der Waals surface area contributed by atoms with Gasteiger partial charge in [0.1, 0.15) is 0 Å². The van der Waals surface area contributed by atoms with E-state index in [2.05, 4.69) is 9.97 Å². The van der Waals surface area contributed by atoms with Crippen molar-refractivity contribution in [2.45, 2.75) is 18.2 Å². The minimum absolute atomic E-state index is 0.118. The molecule has 1 unspecified atom stereocenters. The summed E-state index contributed by atoms with van der Waals surface area (Å²) in [5.74, 6) is 0.133. The number of rotatable bonds is 5. The van der Waals surface area contributed by atoms with Crippen LogP contribution in [0.25, 0.3) is 0 Å². The fourth-order valence-corrected chi connectivity index (χ4v) is 7.16. The molecule has 2 rings (SSSR count). The minimum atomic E-state index is -3.27. The van der Waals surface area contributed by atoms with Crippen molar-refractivity contribution in [2.75, 3.05) is 5.75 Å². The molecule has 0 fully saturated rings. The Morgan fingerprint density at radius 3 is 2.67 bits per heavy atom. The van der Waals surface area contributed by atoms with E-state index < -0.39 is 25.6 Å². The summed E-state index contributed by atoms with van der Waals surface area (Å²) < 4.78 is 26.1. The maximum absolute atomic E-state index is 12.3. The third-order valence-corrected chi connectivity index (χ3v) is 8.58. The van der Waals surface area contributed by atoms with E-state index >= 15 is 0 Å². The number of aromatic nitrogens is 2. The molecule has 0 aliphatic rings. The van der Waals surface area contributed by atoms with Crippen LogP contribution in [0.1, 0.15) is 13.3 Å². The van der Waals surface area contributed by atoms with E-state index in [1.54, 1.807) is 12.1 Å². The van der Waals surface area contributed by atoms with Crippen molar-refractivity contribution in [3.05, 3.63) is 40.8 Å². The first kappa shape index (κ1) is 16.8. The van der Waals surface area contributed by atoms with Crippen molar-refractivity contribution < 1.29 is 8.42 Å². The van der Waals surface area contributed by atoms with Gasteiger partial charge in [0.2, 0.25) is 0 Å². The molecule has 0 bridgehead atoms. The number of hydrogen-bond acceptors (Lipinski definition) is 4.